The first-order chi connectivity index (χ1) is 12.4. The molecule has 3 fully saturated rings. The Morgan fingerprint density at radius 2 is 1.62 bits per heavy atom. The molecule has 1 aliphatic heterocycles. The van der Waals surface area contributed by atoms with E-state index in [1.807, 2.05) is 0 Å². The van der Waals surface area contributed by atoms with E-state index in [1.54, 1.807) is 0 Å². The summed E-state index contributed by atoms with van der Waals surface area (Å²) < 4.78 is 26.9. The quantitative estimate of drug-likeness (QED) is 0.716. The zero-order chi connectivity index (χ0) is 18.8. The smallest absolute Gasteiger partial charge is 0.154 e. The van der Waals surface area contributed by atoms with Gasteiger partial charge in [-0.1, -0.05) is 71.6 Å². The second-order valence-electron chi connectivity index (χ2n) is 9.53. The van der Waals surface area contributed by atoms with Crippen LogP contribution in [-0.4, -0.2) is 30.6 Å². The third-order valence-corrected chi connectivity index (χ3v) is 10.6. The van der Waals surface area contributed by atoms with Crippen molar-refractivity contribution in [3.05, 3.63) is 0 Å². The van der Waals surface area contributed by atoms with Crippen LogP contribution in [0.3, 0.4) is 0 Å². The van der Waals surface area contributed by atoms with E-state index in [0.717, 1.165) is 51.4 Å². The number of sulfone groups is 1. The lowest BCUT2D eigenvalue weighted by Crippen LogP contribution is -2.47. The first-order valence-electron chi connectivity index (χ1n) is 11.3. The summed E-state index contributed by atoms with van der Waals surface area (Å²) in [7, 11) is -3.13. The highest BCUT2D eigenvalue weighted by molar-refractivity contribution is 7.92. The molecule has 2 aliphatic carbocycles. The number of hydrogen-bond acceptors (Lipinski definition) is 3. The van der Waals surface area contributed by atoms with Gasteiger partial charge in [0.2, 0.25) is 0 Å². The van der Waals surface area contributed by atoms with Gasteiger partial charge in [0, 0.05) is 5.41 Å². The minimum Gasteiger partial charge on any atom is -0.392 e. The third kappa shape index (κ3) is 3.87. The molecule has 3 rings (SSSR count). The minimum atomic E-state index is -3.13. The van der Waals surface area contributed by atoms with E-state index in [-0.39, 0.29) is 22.8 Å². The van der Waals surface area contributed by atoms with Crippen LogP contribution in [0.4, 0.5) is 0 Å². The Kier molecular flexibility index (Phi) is 6.75. The molecule has 1 saturated heterocycles. The molecule has 0 amide bonds. The van der Waals surface area contributed by atoms with Gasteiger partial charge in [-0.2, -0.15) is 0 Å². The fourth-order valence-electron chi connectivity index (χ4n) is 6.61. The molecule has 3 nitrogen and oxygen atoms in total. The summed E-state index contributed by atoms with van der Waals surface area (Å²) in [5.41, 5.74) is -0.422. The molecule has 1 N–H and O–H groups in total. The van der Waals surface area contributed by atoms with Crippen molar-refractivity contribution >= 4 is 9.84 Å². The van der Waals surface area contributed by atoms with Gasteiger partial charge in [-0.25, -0.2) is 8.42 Å². The lowest BCUT2D eigenvalue weighted by Gasteiger charge is -2.46. The highest BCUT2D eigenvalue weighted by atomic mass is 32.2. The maximum atomic E-state index is 13.4. The SMILES string of the molecule is CCCC[C@]1(CC)CS(=O)(=O)C2CCCCC2C(C2CCCCC2)C1O. The maximum Gasteiger partial charge on any atom is 0.154 e. The first kappa shape index (κ1) is 20.6. The number of aliphatic hydroxyl groups is 1. The van der Waals surface area contributed by atoms with Gasteiger partial charge in [0.05, 0.1) is 17.1 Å². The summed E-state index contributed by atoms with van der Waals surface area (Å²) in [4.78, 5) is 0. The molecule has 152 valence electrons. The van der Waals surface area contributed by atoms with Gasteiger partial charge in [0.1, 0.15) is 0 Å². The van der Waals surface area contributed by atoms with Crippen molar-refractivity contribution < 1.29 is 13.5 Å². The summed E-state index contributed by atoms with van der Waals surface area (Å²) in [6.07, 6.45) is 13.5. The number of hydrogen-bond donors (Lipinski definition) is 1. The van der Waals surface area contributed by atoms with E-state index in [1.165, 1.54) is 32.1 Å². The van der Waals surface area contributed by atoms with Crippen molar-refractivity contribution in [1.82, 2.24) is 0 Å². The lowest BCUT2D eigenvalue weighted by molar-refractivity contribution is -0.0637. The van der Waals surface area contributed by atoms with Gasteiger partial charge in [-0.15, -0.1) is 0 Å². The number of fused-ring (bicyclic) bond motifs is 1. The van der Waals surface area contributed by atoms with Gasteiger partial charge in [0.25, 0.3) is 0 Å². The fraction of sp³-hybridized carbons (Fsp3) is 1.00. The molecule has 0 radical (unpaired) electrons. The largest absolute Gasteiger partial charge is 0.392 e. The van der Waals surface area contributed by atoms with Gasteiger partial charge in [-0.05, 0) is 43.4 Å². The number of unbranched alkanes of at least 4 members (excludes halogenated alkanes) is 1. The van der Waals surface area contributed by atoms with Gasteiger partial charge < -0.3 is 5.11 Å². The van der Waals surface area contributed by atoms with E-state index in [9.17, 15) is 13.5 Å². The van der Waals surface area contributed by atoms with E-state index in [4.69, 9.17) is 0 Å². The van der Waals surface area contributed by atoms with Crippen LogP contribution in [0.5, 0.6) is 0 Å². The molecule has 1 heterocycles. The van der Waals surface area contributed by atoms with Gasteiger partial charge in [-0.3, -0.25) is 0 Å². The predicted molar refractivity (Wildman–Crippen MR) is 108 cm³/mol. The second-order valence-corrected chi connectivity index (χ2v) is 11.8. The van der Waals surface area contributed by atoms with Crippen molar-refractivity contribution in [2.24, 2.45) is 23.2 Å². The topological polar surface area (TPSA) is 54.4 Å². The van der Waals surface area contributed by atoms with Crippen LogP contribution in [0.15, 0.2) is 0 Å². The summed E-state index contributed by atoms with van der Waals surface area (Å²) in [5, 5.41) is 11.6. The molecule has 0 aromatic carbocycles. The van der Waals surface area contributed by atoms with Gasteiger partial charge in [0.15, 0.2) is 9.84 Å². The Morgan fingerprint density at radius 1 is 0.962 bits per heavy atom. The lowest BCUT2D eigenvalue weighted by atomic mass is 9.61. The van der Waals surface area contributed by atoms with Crippen LogP contribution in [0.2, 0.25) is 0 Å². The molecule has 0 aromatic rings. The van der Waals surface area contributed by atoms with Crippen molar-refractivity contribution in [2.45, 2.75) is 109 Å². The summed E-state index contributed by atoms with van der Waals surface area (Å²) in [6, 6.07) is 0. The molecule has 2 saturated carbocycles. The van der Waals surface area contributed by atoms with Gasteiger partial charge >= 0.3 is 0 Å². The van der Waals surface area contributed by atoms with Crippen LogP contribution in [0, 0.1) is 23.2 Å². The molecule has 3 aliphatic rings. The zero-order valence-corrected chi connectivity index (χ0v) is 17.8. The Morgan fingerprint density at radius 3 is 2.27 bits per heavy atom. The molecule has 0 spiro atoms. The summed E-state index contributed by atoms with van der Waals surface area (Å²) in [5.74, 6) is 1.16. The molecule has 0 bridgehead atoms. The number of aliphatic hydroxyl groups excluding tert-OH is 1. The Bertz CT molecular complexity index is 552. The molecule has 4 unspecified atom stereocenters. The fourth-order valence-corrected chi connectivity index (χ4v) is 9.52. The Hall–Kier alpha value is -0.0900. The van der Waals surface area contributed by atoms with Crippen molar-refractivity contribution in [2.75, 3.05) is 5.75 Å². The van der Waals surface area contributed by atoms with Crippen LogP contribution in [0.1, 0.15) is 97.3 Å². The average molecular weight is 385 g/mol. The third-order valence-electron chi connectivity index (χ3n) is 8.12. The van der Waals surface area contributed by atoms with E-state index >= 15 is 0 Å². The summed E-state index contributed by atoms with van der Waals surface area (Å²) in [6.45, 7) is 4.28. The zero-order valence-electron chi connectivity index (χ0n) is 17.0. The molecule has 26 heavy (non-hydrogen) atoms. The first-order valence-corrected chi connectivity index (χ1v) is 13.1. The Balaban J connectivity index is 2.03. The highest BCUT2D eigenvalue weighted by Crippen LogP contribution is 2.52. The molecule has 0 aromatic heterocycles. The van der Waals surface area contributed by atoms with Crippen LogP contribution in [-0.2, 0) is 9.84 Å². The van der Waals surface area contributed by atoms with E-state index < -0.39 is 21.4 Å². The van der Waals surface area contributed by atoms with Crippen LogP contribution >= 0.6 is 0 Å². The molecule has 5 atom stereocenters. The maximum absolute atomic E-state index is 13.4. The highest BCUT2D eigenvalue weighted by Gasteiger charge is 2.55. The minimum absolute atomic E-state index is 0.187. The average Bonchev–Trinajstić information content (AvgIpc) is 2.73. The van der Waals surface area contributed by atoms with Crippen molar-refractivity contribution in [3.8, 4) is 0 Å². The van der Waals surface area contributed by atoms with E-state index in [2.05, 4.69) is 13.8 Å². The standard InChI is InChI=1S/C22H40O3S/c1-3-5-15-22(4-2)16-26(24,25)19-14-10-9-13-18(19)20(21(22)23)17-11-7-6-8-12-17/h17-21,23H,3-16H2,1-2H3/t18?,19?,20?,21?,22-/m1/s1. The van der Waals surface area contributed by atoms with E-state index in [0.29, 0.717) is 5.92 Å². The number of rotatable bonds is 5. The van der Waals surface area contributed by atoms with Crippen LogP contribution < -0.4 is 0 Å². The van der Waals surface area contributed by atoms with Crippen LogP contribution in [0.25, 0.3) is 0 Å². The predicted octanol–water partition coefficient (Wildman–Crippen LogP) is 5.12. The second kappa shape index (κ2) is 8.51. The summed E-state index contributed by atoms with van der Waals surface area (Å²) >= 11 is 0. The van der Waals surface area contributed by atoms with Crippen molar-refractivity contribution in [1.29, 1.82) is 0 Å². The normalized spacial score (nSPS) is 41.3. The van der Waals surface area contributed by atoms with Crippen molar-refractivity contribution in [3.63, 3.8) is 0 Å². The Labute approximate surface area is 161 Å². The molecule has 4 heteroatoms. The molecular formula is C22H40O3S. The molecular weight excluding hydrogens is 344 g/mol. The monoisotopic (exact) mass is 384 g/mol.